The van der Waals surface area contributed by atoms with Crippen molar-refractivity contribution >= 4 is 29.3 Å². The molecule has 0 saturated carbocycles. The Morgan fingerprint density at radius 1 is 1.30 bits per heavy atom. The van der Waals surface area contributed by atoms with Gasteiger partial charge >= 0.3 is 0 Å². The van der Waals surface area contributed by atoms with Crippen molar-refractivity contribution in [2.75, 3.05) is 33.4 Å². The van der Waals surface area contributed by atoms with E-state index in [4.69, 9.17) is 4.74 Å². The number of fused-ring (bicyclic) bond motifs is 1. The summed E-state index contributed by atoms with van der Waals surface area (Å²) in [6, 6.07) is 3.97. The summed E-state index contributed by atoms with van der Waals surface area (Å²) in [5.74, 6) is 0. The second kappa shape index (κ2) is 8.18. The third kappa shape index (κ3) is 3.64. The van der Waals surface area contributed by atoms with Crippen LogP contribution in [0.5, 0.6) is 0 Å². The molecule has 3 heterocycles. The molecule has 3 rings (SSSR count). The van der Waals surface area contributed by atoms with Gasteiger partial charge in [0.25, 0.3) is 0 Å². The van der Waals surface area contributed by atoms with E-state index in [-0.39, 0.29) is 0 Å². The predicted molar refractivity (Wildman–Crippen MR) is 112 cm³/mol. The number of aromatic nitrogens is 1. The van der Waals surface area contributed by atoms with Crippen LogP contribution in [-0.4, -0.2) is 55.2 Å². The maximum Gasteiger partial charge on any atom is 0.150 e. The van der Waals surface area contributed by atoms with Crippen molar-refractivity contribution in [3.8, 4) is 0 Å². The quantitative estimate of drug-likeness (QED) is 0.447. The van der Waals surface area contributed by atoms with Gasteiger partial charge in [-0.25, -0.2) is 0 Å². The minimum absolute atomic E-state index is 0.677. The smallest absolute Gasteiger partial charge is 0.150 e. The molecule has 2 aromatic heterocycles. The summed E-state index contributed by atoms with van der Waals surface area (Å²) in [6.07, 6.45) is 8.45. The molecule has 1 fully saturated rings. The van der Waals surface area contributed by atoms with Crippen LogP contribution in [0.4, 0.5) is 0 Å². The van der Waals surface area contributed by atoms with Crippen LogP contribution in [0.15, 0.2) is 48.6 Å². The van der Waals surface area contributed by atoms with Crippen molar-refractivity contribution in [1.29, 1.82) is 0 Å². The standard InChI is InChI=1S/C22H25N3O2/c1-5-18(6-7-23-4)19-12-21-13-20(15-26)16(2)22(25(21)14-19)17(3)24-8-10-27-11-9-24/h5-7,12-15H,1,3,8-11H2,2,4H3/b18-6+,23-7?. The van der Waals surface area contributed by atoms with Crippen molar-refractivity contribution in [3.63, 3.8) is 0 Å². The average Bonchev–Trinajstić information content (AvgIpc) is 3.11. The molecule has 1 saturated heterocycles. The minimum Gasteiger partial charge on any atom is -0.378 e. The highest BCUT2D eigenvalue weighted by atomic mass is 16.5. The van der Waals surface area contributed by atoms with E-state index < -0.39 is 0 Å². The first-order valence-electron chi connectivity index (χ1n) is 8.98. The molecule has 0 radical (unpaired) electrons. The van der Waals surface area contributed by atoms with Crippen LogP contribution in [0.2, 0.25) is 0 Å². The van der Waals surface area contributed by atoms with Gasteiger partial charge in [-0.05, 0) is 36.3 Å². The normalized spacial score (nSPS) is 15.5. The summed E-state index contributed by atoms with van der Waals surface area (Å²) in [5.41, 5.74) is 6.40. The van der Waals surface area contributed by atoms with Crippen LogP contribution >= 0.6 is 0 Å². The first kappa shape index (κ1) is 18.9. The number of aliphatic imine (C=N–C) groups is 1. The van der Waals surface area contributed by atoms with Crippen molar-refractivity contribution in [3.05, 3.63) is 66.0 Å². The van der Waals surface area contributed by atoms with E-state index >= 15 is 0 Å². The van der Waals surface area contributed by atoms with E-state index in [1.165, 1.54) is 0 Å². The number of hydrogen-bond acceptors (Lipinski definition) is 4. The molecule has 27 heavy (non-hydrogen) atoms. The van der Waals surface area contributed by atoms with Gasteiger partial charge < -0.3 is 14.0 Å². The zero-order valence-corrected chi connectivity index (χ0v) is 15.9. The van der Waals surface area contributed by atoms with Crippen molar-refractivity contribution in [2.24, 2.45) is 4.99 Å². The summed E-state index contributed by atoms with van der Waals surface area (Å²) in [7, 11) is 1.73. The molecule has 2 aromatic rings. The molecule has 0 atom stereocenters. The molecular weight excluding hydrogens is 338 g/mol. The number of rotatable bonds is 6. The van der Waals surface area contributed by atoms with Gasteiger partial charge in [0.1, 0.15) is 6.29 Å². The second-order valence-corrected chi connectivity index (χ2v) is 6.49. The number of allylic oxidation sites excluding steroid dienone is 3. The Kier molecular flexibility index (Phi) is 5.72. The first-order valence-corrected chi connectivity index (χ1v) is 8.98. The highest BCUT2D eigenvalue weighted by Gasteiger charge is 2.20. The SMILES string of the molecule is C=C/C(=C\C=NC)c1cc2cc(C=O)c(C)c(C(=C)N3CCOCC3)n2c1. The Hall–Kier alpha value is -2.92. The van der Waals surface area contributed by atoms with E-state index in [1.54, 1.807) is 19.3 Å². The van der Waals surface area contributed by atoms with Crippen LogP contribution in [0.1, 0.15) is 27.2 Å². The molecule has 0 unspecified atom stereocenters. The number of aldehydes is 1. The van der Waals surface area contributed by atoms with E-state index in [0.29, 0.717) is 18.8 Å². The van der Waals surface area contributed by atoms with Gasteiger partial charge in [-0.2, -0.15) is 0 Å². The lowest BCUT2D eigenvalue weighted by Gasteiger charge is -2.31. The van der Waals surface area contributed by atoms with Gasteiger partial charge in [0, 0.05) is 49.2 Å². The first-order chi connectivity index (χ1) is 13.1. The van der Waals surface area contributed by atoms with E-state index in [9.17, 15) is 4.79 Å². The number of nitrogens with zero attached hydrogens (tertiary/aromatic N) is 3. The van der Waals surface area contributed by atoms with Gasteiger partial charge in [-0.15, -0.1) is 0 Å². The Labute approximate surface area is 160 Å². The van der Waals surface area contributed by atoms with Crippen LogP contribution in [0, 0.1) is 6.92 Å². The monoisotopic (exact) mass is 363 g/mol. The molecule has 0 N–H and O–H groups in total. The lowest BCUT2D eigenvalue weighted by Crippen LogP contribution is -2.35. The molecule has 0 aliphatic carbocycles. The second-order valence-electron chi connectivity index (χ2n) is 6.49. The molecule has 5 nitrogen and oxygen atoms in total. The molecule has 0 spiro atoms. The number of carbonyl (C=O) groups is 1. The van der Waals surface area contributed by atoms with Crippen LogP contribution in [0.25, 0.3) is 16.8 Å². The summed E-state index contributed by atoms with van der Waals surface area (Å²) in [6.45, 7) is 13.2. The van der Waals surface area contributed by atoms with E-state index in [1.807, 2.05) is 19.1 Å². The Morgan fingerprint density at radius 3 is 2.67 bits per heavy atom. The Bertz CT molecular complexity index is 944. The van der Waals surface area contributed by atoms with Crippen LogP contribution in [0.3, 0.4) is 0 Å². The number of ether oxygens (including phenoxy) is 1. The van der Waals surface area contributed by atoms with Crippen LogP contribution in [-0.2, 0) is 4.74 Å². The average molecular weight is 363 g/mol. The third-order valence-corrected chi connectivity index (χ3v) is 4.93. The summed E-state index contributed by atoms with van der Waals surface area (Å²) >= 11 is 0. The number of hydrogen-bond donors (Lipinski definition) is 0. The van der Waals surface area contributed by atoms with E-state index in [2.05, 4.69) is 39.7 Å². The topological polar surface area (TPSA) is 46.3 Å². The van der Waals surface area contributed by atoms with Gasteiger partial charge in [-0.3, -0.25) is 9.79 Å². The lowest BCUT2D eigenvalue weighted by molar-refractivity contribution is 0.0639. The molecule has 1 aliphatic heterocycles. The lowest BCUT2D eigenvalue weighted by atomic mass is 10.1. The maximum absolute atomic E-state index is 11.6. The van der Waals surface area contributed by atoms with Crippen LogP contribution < -0.4 is 0 Å². The largest absolute Gasteiger partial charge is 0.378 e. The maximum atomic E-state index is 11.6. The zero-order valence-electron chi connectivity index (χ0n) is 15.9. The zero-order chi connectivity index (χ0) is 19.4. The Morgan fingerprint density at radius 2 is 2.04 bits per heavy atom. The van der Waals surface area contributed by atoms with Crippen molar-refractivity contribution < 1.29 is 9.53 Å². The molecule has 1 aliphatic rings. The fourth-order valence-electron chi connectivity index (χ4n) is 3.43. The van der Waals surface area contributed by atoms with E-state index in [0.717, 1.165) is 53.0 Å². The number of morpholine rings is 1. The highest BCUT2D eigenvalue weighted by Crippen LogP contribution is 2.29. The summed E-state index contributed by atoms with van der Waals surface area (Å²) < 4.78 is 7.57. The minimum atomic E-state index is 0.677. The molecular formula is C22H25N3O2. The van der Waals surface area contributed by atoms with Gasteiger partial charge in [0.15, 0.2) is 0 Å². The fraction of sp³-hybridized carbons (Fsp3) is 0.273. The highest BCUT2D eigenvalue weighted by molar-refractivity contribution is 5.90. The van der Waals surface area contributed by atoms with Crippen molar-refractivity contribution in [2.45, 2.75) is 6.92 Å². The van der Waals surface area contributed by atoms with Crippen molar-refractivity contribution in [1.82, 2.24) is 9.30 Å². The predicted octanol–water partition coefficient (Wildman–Crippen LogP) is 3.63. The summed E-state index contributed by atoms with van der Waals surface area (Å²) in [4.78, 5) is 17.9. The molecule has 5 heteroatoms. The molecule has 0 aromatic carbocycles. The number of pyridine rings is 1. The van der Waals surface area contributed by atoms with Gasteiger partial charge in [0.2, 0.25) is 0 Å². The Balaban J connectivity index is 2.18. The number of carbonyl (C=O) groups excluding carboxylic acids is 1. The molecule has 140 valence electrons. The molecule has 0 bridgehead atoms. The van der Waals surface area contributed by atoms with Gasteiger partial charge in [0.05, 0.1) is 24.6 Å². The fourth-order valence-corrected chi connectivity index (χ4v) is 3.43. The molecule has 0 amide bonds. The third-order valence-electron chi connectivity index (χ3n) is 4.93. The summed E-state index contributed by atoms with van der Waals surface area (Å²) in [5, 5.41) is 0. The van der Waals surface area contributed by atoms with Gasteiger partial charge in [-0.1, -0.05) is 19.2 Å².